The van der Waals surface area contributed by atoms with Gasteiger partial charge in [0.25, 0.3) is 0 Å². The van der Waals surface area contributed by atoms with Crippen molar-refractivity contribution in [2.75, 3.05) is 14.2 Å². The summed E-state index contributed by atoms with van der Waals surface area (Å²) >= 11 is 0. The van der Waals surface area contributed by atoms with Crippen LogP contribution >= 0.6 is 0 Å². The van der Waals surface area contributed by atoms with Gasteiger partial charge in [0.1, 0.15) is 11.5 Å². The fraction of sp³-hybridized carbons (Fsp3) is 0.105. The average molecular weight is 324 g/mol. The predicted molar refractivity (Wildman–Crippen MR) is 90.8 cm³/mol. The summed E-state index contributed by atoms with van der Waals surface area (Å²) in [6.45, 7) is 0. The van der Waals surface area contributed by atoms with Crippen molar-refractivity contribution in [2.45, 2.75) is 0 Å². The van der Waals surface area contributed by atoms with Crippen LogP contribution in [0.3, 0.4) is 0 Å². The first-order chi connectivity index (χ1) is 11.6. The normalized spacial score (nSPS) is 11.1. The van der Waals surface area contributed by atoms with Crippen molar-refractivity contribution in [1.29, 1.82) is 0 Å². The Bertz CT molecular complexity index is 921. The van der Waals surface area contributed by atoms with Gasteiger partial charge in [-0.1, -0.05) is 12.1 Å². The van der Waals surface area contributed by atoms with Crippen molar-refractivity contribution in [1.82, 2.24) is 0 Å². The summed E-state index contributed by atoms with van der Waals surface area (Å²) in [5.74, 6) is 0.979. The molecule has 24 heavy (non-hydrogen) atoms. The molecule has 0 bridgehead atoms. The molecule has 0 radical (unpaired) electrons. The Labute approximate surface area is 138 Å². The number of phenols is 1. The Kier molecular flexibility index (Phi) is 4.24. The summed E-state index contributed by atoms with van der Waals surface area (Å²) < 4.78 is 16.2. The number of rotatable bonds is 5. The molecule has 0 unspecified atom stereocenters. The molecule has 5 heteroatoms. The molecule has 0 atom stereocenters. The number of benzene rings is 2. The average Bonchev–Trinajstić information content (AvgIpc) is 3.08. The molecule has 0 fully saturated rings. The highest BCUT2D eigenvalue weighted by atomic mass is 16.5. The van der Waals surface area contributed by atoms with Crippen LogP contribution in [0.15, 0.2) is 53.2 Å². The number of methoxy groups -OCH3 is 2. The van der Waals surface area contributed by atoms with E-state index in [2.05, 4.69) is 0 Å². The fourth-order valence-electron chi connectivity index (χ4n) is 2.53. The summed E-state index contributed by atoms with van der Waals surface area (Å²) in [4.78, 5) is 12.2. The van der Waals surface area contributed by atoms with Gasteiger partial charge < -0.3 is 19.0 Å². The minimum absolute atomic E-state index is 0.0494. The summed E-state index contributed by atoms with van der Waals surface area (Å²) in [5.41, 5.74) is 1.68. The molecular weight excluding hydrogens is 308 g/mol. The van der Waals surface area contributed by atoms with Crippen LogP contribution in [0.25, 0.3) is 17.0 Å². The van der Waals surface area contributed by atoms with Crippen LogP contribution in [0.2, 0.25) is 0 Å². The second kappa shape index (κ2) is 6.50. The van der Waals surface area contributed by atoms with Gasteiger partial charge in [-0.2, -0.15) is 0 Å². The zero-order chi connectivity index (χ0) is 17.1. The Balaban J connectivity index is 2.01. The van der Waals surface area contributed by atoms with Gasteiger partial charge >= 0.3 is 0 Å². The van der Waals surface area contributed by atoms with Crippen LogP contribution in [0.4, 0.5) is 0 Å². The highest BCUT2D eigenvalue weighted by molar-refractivity contribution is 6.07. The molecule has 0 saturated heterocycles. The Hall–Kier alpha value is -3.21. The van der Waals surface area contributed by atoms with Crippen molar-refractivity contribution in [3.8, 4) is 17.2 Å². The van der Waals surface area contributed by atoms with E-state index in [-0.39, 0.29) is 11.5 Å². The number of hydrogen-bond donors (Lipinski definition) is 1. The molecule has 0 spiro atoms. The maximum Gasteiger partial charge on any atom is 0.185 e. The van der Waals surface area contributed by atoms with E-state index < -0.39 is 0 Å². The van der Waals surface area contributed by atoms with E-state index in [1.807, 2.05) is 0 Å². The number of allylic oxidation sites excluding steroid dienone is 1. The smallest absolute Gasteiger partial charge is 0.185 e. The van der Waals surface area contributed by atoms with Gasteiger partial charge in [-0.3, -0.25) is 4.79 Å². The number of carbonyl (C=O) groups excluding carboxylic acids is 1. The zero-order valence-corrected chi connectivity index (χ0v) is 13.3. The highest BCUT2D eigenvalue weighted by Crippen LogP contribution is 2.38. The van der Waals surface area contributed by atoms with E-state index in [0.29, 0.717) is 28.2 Å². The first-order valence-electron chi connectivity index (χ1n) is 7.27. The van der Waals surface area contributed by atoms with E-state index in [1.165, 1.54) is 18.2 Å². The number of aromatic hydroxyl groups is 1. The Morgan fingerprint density at radius 3 is 2.71 bits per heavy atom. The van der Waals surface area contributed by atoms with Crippen molar-refractivity contribution in [3.05, 3.63) is 59.9 Å². The van der Waals surface area contributed by atoms with Gasteiger partial charge in [0, 0.05) is 11.1 Å². The Morgan fingerprint density at radius 2 is 2.00 bits per heavy atom. The summed E-state index contributed by atoms with van der Waals surface area (Å²) in [6, 6.07) is 9.73. The van der Waals surface area contributed by atoms with Gasteiger partial charge in [0.05, 0.1) is 25.9 Å². The van der Waals surface area contributed by atoms with Gasteiger partial charge in [-0.25, -0.2) is 0 Å². The topological polar surface area (TPSA) is 68.9 Å². The largest absolute Gasteiger partial charge is 0.508 e. The van der Waals surface area contributed by atoms with Crippen molar-refractivity contribution < 1.29 is 23.8 Å². The number of fused-ring (bicyclic) bond motifs is 1. The van der Waals surface area contributed by atoms with Gasteiger partial charge in [-0.05, 0) is 36.4 Å². The lowest BCUT2D eigenvalue weighted by Gasteiger charge is -2.09. The molecule has 5 nitrogen and oxygen atoms in total. The van der Waals surface area contributed by atoms with Crippen LogP contribution in [0, 0.1) is 0 Å². The first-order valence-corrected chi connectivity index (χ1v) is 7.27. The molecule has 3 rings (SSSR count). The number of ether oxygens (including phenoxy) is 2. The van der Waals surface area contributed by atoms with Gasteiger partial charge in [0.15, 0.2) is 17.1 Å². The van der Waals surface area contributed by atoms with Gasteiger partial charge in [0.2, 0.25) is 0 Å². The number of ketones is 1. The van der Waals surface area contributed by atoms with E-state index in [1.54, 1.807) is 50.8 Å². The molecular formula is C19H16O5. The molecule has 2 aromatic carbocycles. The van der Waals surface area contributed by atoms with Crippen molar-refractivity contribution in [2.24, 2.45) is 0 Å². The van der Waals surface area contributed by atoms with Crippen molar-refractivity contribution in [3.63, 3.8) is 0 Å². The molecule has 3 aromatic rings. The summed E-state index contributed by atoms with van der Waals surface area (Å²) in [7, 11) is 3.11. The number of furan rings is 1. The summed E-state index contributed by atoms with van der Waals surface area (Å²) in [5, 5.41) is 10.2. The predicted octanol–water partition coefficient (Wildman–Crippen LogP) is 4.05. The van der Waals surface area contributed by atoms with E-state index in [9.17, 15) is 9.90 Å². The molecule has 1 aromatic heterocycles. The third-order valence-corrected chi connectivity index (χ3v) is 3.65. The third kappa shape index (κ3) is 2.84. The quantitative estimate of drug-likeness (QED) is 0.566. The van der Waals surface area contributed by atoms with E-state index in [4.69, 9.17) is 13.9 Å². The highest BCUT2D eigenvalue weighted by Gasteiger charge is 2.14. The van der Waals surface area contributed by atoms with Crippen LogP contribution in [0.5, 0.6) is 17.2 Å². The maximum absolute atomic E-state index is 12.2. The van der Waals surface area contributed by atoms with Crippen LogP contribution in [0.1, 0.15) is 15.9 Å². The fourth-order valence-corrected chi connectivity index (χ4v) is 2.53. The number of carbonyl (C=O) groups is 1. The number of hydrogen-bond acceptors (Lipinski definition) is 5. The number of phenolic OH excluding ortho intramolecular Hbond substituents is 1. The lowest BCUT2D eigenvalue weighted by Crippen LogP contribution is -1.95. The van der Waals surface area contributed by atoms with E-state index >= 15 is 0 Å². The van der Waals surface area contributed by atoms with Crippen molar-refractivity contribution >= 4 is 22.8 Å². The molecule has 1 N–H and O–H groups in total. The molecule has 0 aliphatic heterocycles. The maximum atomic E-state index is 12.2. The third-order valence-electron chi connectivity index (χ3n) is 3.65. The van der Waals surface area contributed by atoms with Crippen LogP contribution in [-0.4, -0.2) is 25.1 Å². The molecule has 0 aliphatic carbocycles. The second-order valence-electron chi connectivity index (χ2n) is 5.11. The molecule has 0 aliphatic rings. The lowest BCUT2D eigenvalue weighted by atomic mass is 10.1. The lowest BCUT2D eigenvalue weighted by molar-refractivity contribution is 0.104. The summed E-state index contributed by atoms with van der Waals surface area (Å²) in [6.07, 6.45) is 4.64. The van der Waals surface area contributed by atoms with E-state index in [0.717, 1.165) is 5.39 Å². The van der Waals surface area contributed by atoms with Crippen LogP contribution < -0.4 is 9.47 Å². The van der Waals surface area contributed by atoms with Crippen LogP contribution in [-0.2, 0) is 0 Å². The molecule has 0 saturated carbocycles. The standard InChI is InChI=1S/C19H16O5/c1-22-17-11-13(18(23-2)15-8-9-24-19(15)17)6-7-16(21)12-4-3-5-14(20)10-12/h3-11,20H,1-2H3/b7-6+. The SMILES string of the molecule is COc1c(/C=C/C(=O)c2cccc(O)c2)cc(OC)c2occc12. The molecule has 0 amide bonds. The van der Waals surface area contributed by atoms with Gasteiger partial charge in [-0.15, -0.1) is 0 Å². The monoisotopic (exact) mass is 324 g/mol. The zero-order valence-electron chi connectivity index (χ0n) is 13.3. The second-order valence-corrected chi connectivity index (χ2v) is 5.11. The molecule has 122 valence electrons. The molecule has 1 heterocycles. The first kappa shape index (κ1) is 15.7. The minimum atomic E-state index is -0.223. The Morgan fingerprint density at radius 1 is 1.17 bits per heavy atom. The minimum Gasteiger partial charge on any atom is -0.508 e.